The lowest BCUT2D eigenvalue weighted by molar-refractivity contribution is -0.0291. The molecule has 0 aromatic carbocycles. The molecule has 1 atom stereocenters. The average molecular weight is 724 g/mol. The van der Waals surface area contributed by atoms with Crippen molar-refractivity contribution < 1.29 is 61.6 Å². The minimum absolute atomic E-state index is 0.514. The Morgan fingerprint density at radius 1 is 0.311 bits per heavy atom. The van der Waals surface area contributed by atoms with Crippen LogP contribution < -0.4 is 0 Å². The van der Waals surface area contributed by atoms with E-state index in [0.717, 1.165) is 18.4 Å². The van der Waals surface area contributed by atoms with E-state index in [1.165, 1.54) is 0 Å². The van der Waals surface area contributed by atoms with E-state index in [1.54, 1.807) is 0 Å². The molecule has 14 heteroatoms. The molecule has 0 spiro atoms. The van der Waals surface area contributed by atoms with Crippen LogP contribution in [0.4, 0.5) is 0 Å². The van der Waals surface area contributed by atoms with Gasteiger partial charge in [-0.2, -0.15) is 0 Å². The molecule has 0 amide bonds. The summed E-state index contributed by atoms with van der Waals surface area (Å²) < 4.78 is 70.9. The standard InChI is InChI=1S/C31H63BrO13/c1-3-31(2)30-45-29-28-44-27-26-43-25-24-42-23-22-41-21-20-40-19-18-39-17-16-38-15-14-37-13-12-36-11-10-35-9-8-34-7-6-33-5-4-32/h31H,3-30H2,1-2H3. The Balaban J connectivity index is 3.04. The topological polar surface area (TPSA) is 120 Å². The fraction of sp³-hybridized carbons (Fsp3) is 1.00. The molecular weight excluding hydrogens is 660 g/mol. The third-order valence-corrected chi connectivity index (χ3v) is 6.11. The van der Waals surface area contributed by atoms with Gasteiger partial charge in [-0.05, 0) is 5.92 Å². The highest BCUT2D eigenvalue weighted by atomic mass is 79.9. The minimum atomic E-state index is 0.514. The summed E-state index contributed by atoms with van der Waals surface area (Å²) in [5, 5.41) is 0.838. The van der Waals surface area contributed by atoms with E-state index >= 15 is 0 Å². The lowest BCUT2D eigenvalue weighted by Gasteiger charge is -2.10. The Kier molecular flexibility index (Phi) is 41.9. The summed E-state index contributed by atoms with van der Waals surface area (Å²) in [7, 11) is 0. The summed E-state index contributed by atoms with van der Waals surface area (Å²) in [4.78, 5) is 0. The summed E-state index contributed by atoms with van der Waals surface area (Å²) in [6.07, 6.45) is 1.13. The molecule has 0 saturated heterocycles. The van der Waals surface area contributed by atoms with Crippen molar-refractivity contribution in [1.82, 2.24) is 0 Å². The number of alkyl halides is 1. The Morgan fingerprint density at radius 2 is 0.489 bits per heavy atom. The van der Waals surface area contributed by atoms with E-state index in [4.69, 9.17) is 61.6 Å². The van der Waals surface area contributed by atoms with Crippen LogP contribution in [0.15, 0.2) is 0 Å². The molecule has 0 fully saturated rings. The zero-order valence-corrected chi connectivity index (χ0v) is 29.6. The third kappa shape index (κ3) is 41.9. The molecule has 0 radical (unpaired) electrons. The first-order chi connectivity index (χ1) is 22.3. The van der Waals surface area contributed by atoms with E-state index in [9.17, 15) is 0 Å². The monoisotopic (exact) mass is 722 g/mol. The summed E-state index contributed by atoms with van der Waals surface area (Å²) >= 11 is 3.30. The highest BCUT2D eigenvalue weighted by Crippen LogP contribution is 2.00. The van der Waals surface area contributed by atoms with E-state index in [-0.39, 0.29) is 0 Å². The van der Waals surface area contributed by atoms with Crippen molar-refractivity contribution in [2.45, 2.75) is 20.3 Å². The van der Waals surface area contributed by atoms with Gasteiger partial charge in [0.2, 0.25) is 0 Å². The lowest BCUT2D eigenvalue weighted by Crippen LogP contribution is -2.15. The second kappa shape index (κ2) is 42.0. The van der Waals surface area contributed by atoms with E-state index in [1.807, 2.05) is 0 Å². The largest absolute Gasteiger partial charge is 0.379 e. The van der Waals surface area contributed by atoms with Gasteiger partial charge >= 0.3 is 0 Å². The number of rotatable bonds is 41. The van der Waals surface area contributed by atoms with Gasteiger partial charge in [-0.15, -0.1) is 0 Å². The molecule has 0 aliphatic heterocycles. The van der Waals surface area contributed by atoms with Gasteiger partial charge in [0.05, 0.1) is 165 Å². The highest BCUT2D eigenvalue weighted by Gasteiger charge is 1.99. The molecule has 0 heterocycles. The Hall–Kier alpha value is -0.0400. The fourth-order valence-electron chi connectivity index (χ4n) is 3.10. The SMILES string of the molecule is CCC(C)COCCOCCOCCOCCOCCOCCOCCOCCOCCOCCOCCOCCOCCBr. The van der Waals surface area contributed by atoms with Crippen LogP contribution in [-0.2, 0) is 61.6 Å². The van der Waals surface area contributed by atoms with Crippen LogP contribution in [0, 0.1) is 5.92 Å². The predicted octanol–water partition coefficient (Wildman–Crippen LogP) is 2.64. The summed E-state index contributed by atoms with van der Waals surface area (Å²) in [5.74, 6) is 0.598. The van der Waals surface area contributed by atoms with Gasteiger partial charge in [0, 0.05) is 11.9 Å². The highest BCUT2D eigenvalue weighted by molar-refractivity contribution is 9.09. The average Bonchev–Trinajstić information content (AvgIpc) is 3.05. The van der Waals surface area contributed by atoms with Crippen LogP contribution in [0.1, 0.15) is 20.3 Å². The molecule has 0 rings (SSSR count). The Labute approximate surface area is 280 Å². The van der Waals surface area contributed by atoms with Gasteiger partial charge in [0.15, 0.2) is 0 Å². The number of hydrogen-bond donors (Lipinski definition) is 0. The van der Waals surface area contributed by atoms with Gasteiger partial charge in [-0.25, -0.2) is 0 Å². The summed E-state index contributed by atoms with van der Waals surface area (Å²) in [6, 6.07) is 0. The van der Waals surface area contributed by atoms with Gasteiger partial charge in [0.25, 0.3) is 0 Å². The molecular formula is C31H63BrO13. The molecule has 0 aromatic rings. The first-order valence-electron chi connectivity index (χ1n) is 16.4. The molecule has 13 nitrogen and oxygen atoms in total. The second-order valence-electron chi connectivity index (χ2n) is 9.63. The van der Waals surface area contributed by atoms with Crippen LogP contribution in [0.3, 0.4) is 0 Å². The quantitative estimate of drug-likeness (QED) is 0.0680. The molecule has 1 unspecified atom stereocenters. The number of hydrogen-bond acceptors (Lipinski definition) is 13. The molecule has 0 aromatic heterocycles. The fourth-order valence-corrected chi connectivity index (χ4v) is 3.32. The van der Waals surface area contributed by atoms with Gasteiger partial charge in [0.1, 0.15) is 0 Å². The van der Waals surface area contributed by atoms with Crippen molar-refractivity contribution in [3.63, 3.8) is 0 Å². The molecule has 0 aliphatic rings. The van der Waals surface area contributed by atoms with Crippen LogP contribution in [0.2, 0.25) is 0 Å². The second-order valence-corrected chi connectivity index (χ2v) is 10.4. The Bertz CT molecular complexity index is 526. The first-order valence-corrected chi connectivity index (χ1v) is 17.5. The van der Waals surface area contributed by atoms with E-state index in [0.29, 0.717) is 171 Å². The zero-order valence-electron chi connectivity index (χ0n) is 28.1. The zero-order chi connectivity index (χ0) is 32.6. The minimum Gasteiger partial charge on any atom is -0.379 e. The molecule has 0 saturated carbocycles. The van der Waals surface area contributed by atoms with Crippen molar-refractivity contribution in [2.75, 3.05) is 177 Å². The lowest BCUT2D eigenvalue weighted by atomic mass is 10.1. The van der Waals surface area contributed by atoms with Crippen molar-refractivity contribution in [3.05, 3.63) is 0 Å². The molecule has 0 N–H and O–H groups in total. The van der Waals surface area contributed by atoms with Crippen molar-refractivity contribution >= 4 is 15.9 Å². The van der Waals surface area contributed by atoms with Crippen LogP contribution in [0.25, 0.3) is 0 Å². The molecule has 0 aliphatic carbocycles. The summed E-state index contributed by atoms with van der Waals surface area (Å²) in [6.45, 7) is 18.8. The third-order valence-electron chi connectivity index (χ3n) is 5.78. The maximum atomic E-state index is 5.53. The predicted molar refractivity (Wildman–Crippen MR) is 174 cm³/mol. The smallest absolute Gasteiger partial charge is 0.0701 e. The molecule has 272 valence electrons. The van der Waals surface area contributed by atoms with Crippen molar-refractivity contribution in [3.8, 4) is 0 Å². The number of ether oxygens (including phenoxy) is 13. The molecule has 0 bridgehead atoms. The van der Waals surface area contributed by atoms with Crippen LogP contribution in [0.5, 0.6) is 0 Å². The van der Waals surface area contributed by atoms with Crippen LogP contribution in [-0.4, -0.2) is 177 Å². The van der Waals surface area contributed by atoms with E-state index in [2.05, 4.69) is 29.8 Å². The van der Waals surface area contributed by atoms with Gasteiger partial charge in [-0.3, -0.25) is 0 Å². The van der Waals surface area contributed by atoms with E-state index < -0.39 is 0 Å². The van der Waals surface area contributed by atoms with Crippen LogP contribution >= 0.6 is 15.9 Å². The van der Waals surface area contributed by atoms with Crippen molar-refractivity contribution in [2.24, 2.45) is 5.92 Å². The Morgan fingerprint density at radius 3 is 0.667 bits per heavy atom. The summed E-state index contributed by atoms with van der Waals surface area (Å²) in [5.41, 5.74) is 0. The van der Waals surface area contributed by atoms with Crippen molar-refractivity contribution in [1.29, 1.82) is 0 Å². The number of halogens is 1. The maximum Gasteiger partial charge on any atom is 0.0701 e. The normalized spacial score (nSPS) is 12.3. The molecule has 45 heavy (non-hydrogen) atoms. The maximum absolute atomic E-state index is 5.53. The van der Waals surface area contributed by atoms with Gasteiger partial charge in [-0.1, -0.05) is 36.2 Å². The van der Waals surface area contributed by atoms with Gasteiger partial charge < -0.3 is 61.6 Å². The first kappa shape index (κ1) is 45.0.